The minimum Gasteiger partial charge on any atom is -0.324 e. The predicted molar refractivity (Wildman–Crippen MR) is 200 cm³/mol. The quantitative estimate of drug-likeness (QED) is 0.312. The Morgan fingerprint density at radius 1 is 0.511 bits per heavy atom. The first-order chi connectivity index (χ1) is 21.9. The molecular weight excluding hydrogens is 601 g/mol. The molecule has 6 aliphatic rings. The van der Waals surface area contributed by atoms with E-state index in [0.717, 1.165) is 89.7 Å². The highest BCUT2D eigenvalue weighted by Gasteiger charge is 2.68. The molecule has 8 nitrogen and oxygen atoms in total. The molecule has 0 aromatic carbocycles. The molecule has 2 aliphatic carbocycles. The molecule has 4 aliphatic heterocycles. The van der Waals surface area contributed by atoms with Crippen molar-refractivity contribution in [3.05, 3.63) is 0 Å². The van der Waals surface area contributed by atoms with Gasteiger partial charge in [0.05, 0.1) is 18.2 Å². The van der Waals surface area contributed by atoms with Crippen LogP contribution in [0.25, 0.3) is 0 Å². The normalized spacial score (nSPS) is 30.7. The number of rotatable bonds is 10. The van der Waals surface area contributed by atoms with Crippen LogP contribution in [-0.4, -0.2) is 185 Å². The van der Waals surface area contributed by atoms with E-state index in [1.54, 1.807) is 0 Å². The lowest BCUT2D eigenvalue weighted by Crippen LogP contribution is -2.88. The average Bonchev–Trinajstić information content (AvgIpc) is 3.96. The zero-order valence-electron chi connectivity index (χ0n) is 32.5. The highest BCUT2D eigenvalue weighted by molar-refractivity contribution is 7.63. The fraction of sp³-hybridized carbons (Fsp3) is 1.00. The molecule has 0 spiro atoms. The summed E-state index contributed by atoms with van der Waals surface area (Å²) in [5, 5.41) is 0. The number of hydrogen-bond donors (Lipinski definition) is 0. The largest absolute Gasteiger partial charge is 0.324 e. The predicted octanol–water partition coefficient (Wildman–Crippen LogP) is 4.59. The number of nitrogens with zero attached hydrogens (tertiary/aromatic N) is 7. The second kappa shape index (κ2) is 13.2. The van der Waals surface area contributed by atoms with Crippen LogP contribution in [0.5, 0.6) is 0 Å². The number of hydrogen-bond acceptors (Lipinski definition) is 8. The first-order valence-electron chi connectivity index (χ1n) is 19.7. The van der Waals surface area contributed by atoms with E-state index in [1.807, 2.05) is 0 Å². The van der Waals surface area contributed by atoms with Gasteiger partial charge in [-0.1, -0.05) is 0 Å². The van der Waals surface area contributed by atoms with Crippen LogP contribution < -0.4 is 0 Å². The van der Waals surface area contributed by atoms with Gasteiger partial charge in [-0.2, -0.15) is 0 Å². The van der Waals surface area contributed by atoms with Crippen molar-refractivity contribution in [1.29, 1.82) is 0 Å². The third-order valence-corrected chi connectivity index (χ3v) is 17.3. The SMILES string of the molecule is CC(C)(C)N1CCN(C(C)(C(C)(C)N2CCP(C)(=O)CC2)C(C)(N2CCN(C3CC3)CC2)C(C)(C)N2CCN(CC3CC3)CC2)CC1. The summed E-state index contributed by atoms with van der Waals surface area (Å²) in [6.45, 7) is 42.1. The van der Waals surface area contributed by atoms with Gasteiger partial charge in [0.2, 0.25) is 0 Å². The van der Waals surface area contributed by atoms with Gasteiger partial charge in [0, 0.05) is 133 Å². The summed E-state index contributed by atoms with van der Waals surface area (Å²) in [6, 6.07) is 0.836. The lowest BCUT2D eigenvalue weighted by Gasteiger charge is -2.72. The Balaban J connectivity index is 1.39. The molecule has 2 unspecified atom stereocenters. The molecule has 0 aromatic rings. The zero-order valence-corrected chi connectivity index (χ0v) is 33.4. The van der Waals surface area contributed by atoms with Gasteiger partial charge in [0.15, 0.2) is 0 Å². The molecule has 272 valence electrons. The third-order valence-electron chi connectivity index (χ3n) is 15.1. The van der Waals surface area contributed by atoms with Crippen LogP contribution in [0.4, 0.5) is 0 Å². The van der Waals surface area contributed by atoms with Gasteiger partial charge in [0.1, 0.15) is 0 Å². The molecular formula is C38H74N7OP. The Labute approximate surface area is 290 Å². The maximum absolute atomic E-state index is 13.3. The van der Waals surface area contributed by atoms with E-state index >= 15 is 0 Å². The molecule has 6 rings (SSSR count). The van der Waals surface area contributed by atoms with Crippen molar-refractivity contribution in [1.82, 2.24) is 34.3 Å². The summed E-state index contributed by atoms with van der Waals surface area (Å²) in [6.07, 6.45) is 7.38. The smallest absolute Gasteiger partial charge is 0.0873 e. The standard InChI is InChI=1S/C38H74N7OP/c1-34(2,3)41-23-25-45(26-24-41)38(9,36(6,7)43-27-29-47(10,46)30-28-43)37(8,44-21-17-40(18-22-44)33-13-14-33)35(4,5)42-19-15-39(16-20-42)31-32-11-12-32/h32-33H,11-31H2,1-10H3. The lowest BCUT2D eigenvalue weighted by atomic mass is 9.56. The Morgan fingerprint density at radius 3 is 1.34 bits per heavy atom. The van der Waals surface area contributed by atoms with E-state index in [4.69, 9.17) is 0 Å². The van der Waals surface area contributed by atoms with Crippen molar-refractivity contribution < 1.29 is 4.57 Å². The Hall–Kier alpha value is -0.0500. The van der Waals surface area contributed by atoms with E-state index in [1.165, 1.54) is 58.4 Å². The van der Waals surface area contributed by atoms with Crippen LogP contribution in [0.3, 0.4) is 0 Å². The minimum absolute atomic E-state index is 0.0521. The molecule has 2 saturated carbocycles. The molecule has 0 amide bonds. The zero-order chi connectivity index (χ0) is 34.0. The molecule has 0 bridgehead atoms. The summed E-state index contributed by atoms with van der Waals surface area (Å²) in [7, 11) is -2.04. The monoisotopic (exact) mass is 676 g/mol. The van der Waals surface area contributed by atoms with Gasteiger partial charge in [0.25, 0.3) is 0 Å². The van der Waals surface area contributed by atoms with Crippen molar-refractivity contribution in [3.8, 4) is 0 Å². The molecule has 0 N–H and O–H groups in total. The lowest BCUT2D eigenvalue weighted by molar-refractivity contribution is -0.200. The van der Waals surface area contributed by atoms with Crippen molar-refractivity contribution >= 4 is 7.14 Å². The minimum atomic E-state index is -2.04. The van der Waals surface area contributed by atoms with Gasteiger partial charge < -0.3 is 9.46 Å². The molecule has 0 aromatic heterocycles. The third kappa shape index (κ3) is 6.96. The van der Waals surface area contributed by atoms with E-state index in [9.17, 15) is 4.57 Å². The van der Waals surface area contributed by atoms with Crippen LogP contribution in [0.2, 0.25) is 0 Å². The van der Waals surface area contributed by atoms with Gasteiger partial charge in [-0.05, 0) is 101 Å². The summed E-state index contributed by atoms with van der Waals surface area (Å²) in [5.74, 6) is 0.960. The van der Waals surface area contributed by atoms with Gasteiger partial charge in [-0.15, -0.1) is 0 Å². The maximum Gasteiger partial charge on any atom is 0.0873 e. The fourth-order valence-electron chi connectivity index (χ4n) is 10.6. The molecule has 4 heterocycles. The van der Waals surface area contributed by atoms with Gasteiger partial charge in [-0.25, -0.2) is 0 Å². The second-order valence-corrected chi connectivity index (χ2v) is 22.6. The van der Waals surface area contributed by atoms with E-state index in [2.05, 4.69) is 103 Å². The first-order valence-corrected chi connectivity index (χ1v) is 22.2. The fourth-order valence-corrected chi connectivity index (χ4v) is 12.1. The van der Waals surface area contributed by atoms with Crippen LogP contribution in [-0.2, 0) is 4.57 Å². The van der Waals surface area contributed by atoms with Crippen molar-refractivity contribution in [2.24, 2.45) is 5.92 Å². The summed E-state index contributed by atoms with van der Waals surface area (Å²) >= 11 is 0. The highest BCUT2D eigenvalue weighted by Crippen LogP contribution is 2.54. The van der Waals surface area contributed by atoms with E-state index < -0.39 is 7.14 Å². The van der Waals surface area contributed by atoms with Crippen molar-refractivity contribution in [3.63, 3.8) is 0 Å². The van der Waals surface area contributed by atoms with Crippen LogP contribution in [0, 0.1) is 5.92 Å². The molecule has 4 saturated heterocycles. The number of piperazine rings is 3. The Kier molecular flexibility index (Phi) is 10.3. The van der Waals surface area contributed by atoms with Crippen LogP contribution in [0.1, 0.15) is 88.0 Å². The molecule has 9 heteroatoms. The summed E-state index contributed by atoms with van der Waals surface area (Å²) < 4.78 is 13.3. The van der Waals surface area contributed by atoms with Gasteiger partial charge in [-0.3, -0.25) is 29.4 Å². The van der Waals surface area contributed by atoms with E-state index in [-0.39, 0.29) is 27.7 Å². The first kappa shape index (κ1) is 36.7. The molecule has 6 fully saturated rings. The molecule has 47 heavy (non-hydrogen) atoms. The summed E-state index contributed by atoms with van der Waals surface area (Å²) in [5.41, 5.74) is -0.270. The summed E-state index contributed by atoms with van der Waals surface area (Å²) in [4.78, 5) is 19.9. The van der Waals surface area contributed by atoms with E-state index in [0.29, 0.717) is 0 Å². The Bertz CT molecular complexity index is 1110. The highest BCUT2D eigenvalue weighted by atomic mass is 31.2. The topological polar surface area (TPSA) is 39.8 Å². The molecule has 2 atom stereocenters. The van der Waals surface area contributed by atoms with Crippen molar-refractivity contribution in [2.75, 3.05) is 117 Å². The van der Waals surface area contributed by atoms with Crippen LogP contribution in [0.15, 0.2) is 0 Å². The van der Waals surface area contributed by atoms with Crippen molar-refractivity contribution in [2.45, 2.75) is 122 Å². The Morgan fingerprint density at radius 2 is 0.915 bits per heavy atom. The average molecular weight is 676 g/mol. The van der Waals surface area contributed by atoms with Crippen LogP contribution >= 0.6 is 7.14 Å². The second-order valence-electron chi connectivity index (χ2n) is 19.1. The molecule has 0 radical (unpaired) electrons. The van der Waals surface area contributed by atoms with Gasteiger partial charge >= 0.3 is 0 Å². The maximum atomic E-state index is 13.3.